The van der Waals surface area contributed by atoms with Gasteiger partial charge in [-0.15, -0.1) is 0 Å². The summed E-state index contributed by atoms with van der Waals surface area (Å²) in [5.74, 6) is 0. The zero-order chi connectivity index (χ0) is 14.3. The maximum atomic E-state index is 5.46. The topological polar surface area (TPSA) is 43.0 Å². The normalized spacial score (nSPS) is 13.1. The highest BCUT2D eigenvalue weighted by molar-refractivity contribution is 4.74. The highest BCUT2D eigenvalue weighted by Crippen LogP contribution is 2.01. The predicted molar refractivity (Wildman–Crippen MR) is 78.8 cm³/mol. The van der Waals surface area contributed by atoms with E-state index in [1.54, 1.807) is 7.11 Å². The maximum Gasteiger partial charge on any atom is 0.0630 e. The molecule has 19 heavy (non-hydrogen) atoms. The Kier molecular flexibility index (Phi) is 14.1. The van der Waals surface area contributed by atoms with Gasteiger partial charge in [0.1, 0.15) is 0 Å². The summed E-state index contributed by atoms with van der Waals surface area (Å²) in [6.45, 7) is 13.7. The molecule has 1 N–H and O–H groups in total. The molecule has 1 atom stereocenters. The first-order chi connectivity index (χ1) is 9.29. The second-order valence-electron chi connectivity index (χ2n) is 4.35. The number of hydrogen-bond donors (Lipinski definition) is 1. The van der Waals surface area contributed by atoms with Crippen LogP contribution in [0, 0.1) is 0 Å². The summed E-state index contributed by atoms with van der Waals surface area (Å²) in [7, 11) is 1.75. The SMILES string of the molecule is CCNCC(COC)N(CCOCC)CCOCC. The van der Waals surface area contributed by atoms with Crippen LogP contribution in [0.25, 0.3) is 0 Å². The zero-order valence-corrected chi connectivity index (χ0v) is 13.1. The van der Waals surface area contributed by atoms with Gasteiger partial charge in [-0.2, -0.15) is 0 Å². The Bertz CT molecular complexity index is 172. The number of methoxy groups -OCH3 is 1. The molecule has 0 heterocycles. The number of rotatable bonds is 14. The molecule has 0 aromatic heterocycles. The minimum Gasteiger partial charge on any atom is -0.383 e. The second-order valence-corrected chi connectivity index (χ2v) is 4.35. The van der Waals surface area contributed by atoms with Gasteiger partial charge in [0.25, 0.3) is 0 Å². The van der Waals surface area contributed by atoms with Gasteiger partial charge < -0.3 is 19.5 Å². The molecule has 0 aliphatic carbocycles. The molecule has 0 saturated heterocycles. The average molecular weight is 276 g/mol. The Morgan fingerprint density at radius 1 is 1.00 bits per heavy atom. The van der Waals surface area contributed by atoms with Gasteiger partial charge in [0, 0.05) is 46.0 Å². The molecule has 0 spiro atoms. The predicted octanol–water partition coefficient (Wildman–Crippen LogP) is 0.986. The number of hydrogen-bond acceptors (Lipinski definition) is 5. The van der Waals surface area contributed by atoms with Crippen molar-refractivity contribution in [1.82, 2.24) is 10.2 Å². The third-order valence-corrected chi connectivity index (χ3v) is 2.96. The zero-order valence-electron chi connectivity index (χ0n) is 13.1. The lowest BCUT2D eigenvalue weighted by Gasteiger charge is -2.31. The molecule has 0 radical (unpaired) electrons. The molecule has 0 fully saturated rings. The fourth-order valence-corrected chi connectivity index (χ4v) is 1.93. The molecule has 5 nitrogen and oxygen atoms in total. The van der Waals surface area contributed by atoms with Gasteiger partial charge in [-0.3, -0.25) is 4.90 Å². The second kappa shape index (κ2) is 14.2. The van der Waals surface area contributed by atoms with E-state index in [-0.39, 0.29) is 0 Å². The average Bonchev–Trinajstić information content (AvgIpc) is 2.42. The minimum absolute atomic E-state index is 0.367. The van der Waals surface area contributed by atoms with Crippen molar-refractivity contribution in [3.8, 4) is 0 Å². The Hall–Kier alpha value is -0.200. The molecule has 0 amide bonds. The third-order valence-electron chi connectivity index (χ3n) is 2.96. The summed E-state index contributed by atoms with van der Waals surface area (Å²) < 4.78 is 16.3. The molecule has 116 valence electrons. The van der Waals surface area contributed by atoms with Crippen LogP contribution >= 0.6 is 0 Å². The number of nitrogens with zero attached hydrogens (tertiary/aromatic N) is 1. The Morgan fingerprint density at radius 3 is 2.00 bits per heavy atom. The van der Waals surface area contributed by atoms with Gasteiger partial charge in [0.2, 0.25) is 0 Å². The summed E-state index contributed by atoms with van der Waals surface area (Å²) >= 11 is 0. The van der Waals surface area contributed by atoms with Crippen molar-refractivity contribution in [3.05, 3.63) is 0 Å². The Morgan fingerprint density at radius 2 is 1.58 bits per heavy atom. The lowest BCUT2D eigenvalue weighted by atomic mass is 10.2. The molecule has 5 heteroatoms. The van der Waals surface area contributed by atoms with E-state index < -0.39 is 0 Å². The van der Waals surface area contributed by atoms with E-state index in [0.717, 1.165) is 59.2 Å². The fraction of sp³-hybridized carbons (Fsp3) is 1.00. The van der Waals surface area contributed by atoms with Crippen LogP contribution in [0.2, 0.25) is 0 Å². The summed E-state index contributed by atoms with van der Waals surface area (Å²) in [5, 5.41) is 3.39. The molecule has 0 aliphatic heterocycles. The monoisotopic (exact) mass is 276 g/mol. The number of likely N-dealkylation sites (N-methyl/N-ethyl adjacent to an activating group) is 1. The van der Waals surface area contributed by atoms with Crippen LogP contribution in [0.3, 0.4) is 0 Å². The molecule has 0 rings (SSSR count). The maximum absolute atomic E-state index is 5.46. The van der Waals surface area contributed by atoms with Crippen molar-refractivity contribution in [2.75, 3.05) is 66.3 Å². The lowest BCUT2D eigenvalue weighted by molar-refractivity contribution is 0.0356. The van der Waals surface area contributed by atoms with Crippen LogP contribution < -0.4 is 5.32 Å². The first kappa shape index (κ1) is 18.8. The van der Waals surface area contributed by atoms with Crippen molar-refractivity contribution in [2.24, 2.45) is 0 Å². The summed E-state index contributed by atoms with van der Waals surface area (Å²) in [5.41, 5.74) is 0. The van der Waals surface area contributed by atoms with Gasteiger partial charge in [-0.1, -0.05) is 6.92 Å². The van der Waals surface area contributed by atoms with Gasteiger partial charge in [0.05, 0.1) is 19.8 Å². The van der Waals surface area contributed by atoms with Crippen LogP contribution in [-0.2, 0) is 14.2 Å². The van der Waals surface area contributed by atoms with Crippen molar-refractivity contribution < 1.29 is 14.2 Å². The molecule has 0 bridgehead atoms. The van der Waals surface area contributed by atoms with Crippen molar-refractivity contribution in [1.29, 1.82) is 0 Å². The number of nitrogens with one attached hydrogen (secondary N) is 1. The lowest BCUT2D eigenvalue weighted by Crippen LogP contribution is -2.47. The highest BCUT2D eigenvalue weighted by Gasteiger charge is 2.17. The fourth-order valence-electron chi connectivity index (χ4n) is 1.93. The molecule has 1 unspecified atom stereocenters. The summed E-state index contributed by atoms with van der Waals surface area (Å²) in [6, 6.07) is 0.367. The van der Waals surface area contributed by atoms with E-state index in [4.69, 9.17) is 14.2 Å². The van der Waals surface area contributed by atoms with Gasteiger partial charge in [-0.25, -0.2) is 0 Å². The van der Waals surface area contributed by atoms with Crippen LogP contribution in [0.15, 0.2) is 0 Å². The first-order valence-electron chi connectivity index (χ1n) is 7.39. The molecule has 0 aromatic carbocycles. The summed E-state index contributed by atoms with van der Waals surface area (Å²) in [4.78, 5) is 2.39. The smallest absolute Gasteiger partial charge is 0.0630 e. The molecule has 0 aliphatic rings. The van der Waals surface area contributed by atoms with E-state index in [9.17, 15) is 0 Å². The van der Waals surface area contributed by atoms with E-state index in [1.165, 1.54) is 0 Å². The first-order valence-corrected chi connectivity index (χ1v) is 7.39. The minimum atomic E-state index is 0.367. The molecule has 0 saturated carbocycles. The molecular weight excluding hydrogens is 244 g/mol. The molecular formula is C14H32N2O3. The largest absolute Gasteiger partial charge is 0.383 e. The van der Waals surface area contributed by atoms with Crippen molar-refractivity contribution in [3.63, 3.8) is 0 Å². The van der Waals surface area contributed by atoms with Crippen LogP contribution in [0.5, 0.6) is 0 Å². The van der Waals surface area contributed by atoms with E-state index >= 15 is 0 Å². The number of ether oxygens (including phenoxy) is 3. The quantitative estimate of drug-likeness (QED) is 0.479. The highest BCUT2D eigenvalue weighted by atomic mass is 16.5. The third kappa shape index (κ3) is 10.3. The Balaban J connectivity index is 4.25. The van der Waals surface area contributed by atoms with E-state index in [1.807, 2.05) is 13.8 Å². The van der Waals surface area contributed by atoms with Crippen LogP contribution in [-0.4, -0.2) is 77.3 Å². The van der Waals surface area contributed by atoms with Gasteiger partial charge in [0.15, 0.2) is 0 Å². The van der Waals surface area contributed by atoms with Crippen LogP contribution in [0.1, 0.15) is 20.8 Å². The van der Waals surface area contributed by atoms with Gasteiger partial charge in [-0.05, 0) is 20.4 Å². The van der Waals surface area contributed by atoms with E-state index in [2.05, 4.69) is 17.1 Å². The summed E-state index contributed by atoms with van der Waals surface area (Å²) in [6.07, 6.45) is 0. The Labute approximate surface area is 118 Å². The van der Waals surface area contributed by atoms with Crippen molar-refractivity contribution in [2.45, 2.75) is 26.8 Å². The van der Waals surface area contributed by atoms with Gasteiger partial charge >= 0.3 is 0 Å². The van der Waals surface area contributed by atoms with Crippen molar-refractivity contribution >= 4 is 0 Å². The molecule has 0 aromatic rings. The standard InChI is InChI=1S/C14H32N2O3/c1-5-15-12-14(13-17-4)16(8-10-18-6-2)9-11-19-7-3/h14-15H,5-13H2,1-4H3. The van der Waals surface area contributed by atoms with Crippen LogP contribution in [0.4, 0.5) is 0 Å². The van der Waals surface area contributed by atoms with E-state index in [0.29, 0.717) is 6.04 Å².